The first kappa shape index (κ1) is 11.0. The van der Waals surface area contributed by atoms with Crippen molar-refractivity contribution in [2.75, 3.05) is 14.1 Å². The molecule has 1 rings (SSSR count). The first-order valence-corrected chi connectivity index (χ1v) is 4.64. The van der Waals surface area contributed by atoms with Gasteiger partial charge < -0.3 is 9.64 Å². The van der Waals surface area contributed by atoms with Gasteiger partial charge in [0.25, 0.3) is 0 Å². The third kappa shape index (κ3) is 2.70. The number of carbonyl (C=O) groups is 1. The van der Waals surface area contributed by atoms with Crippen LogP contribution in [0.4, 0.5) is 9.18 Å². The Morgan fingerprint density at radius 3 is 2.64 bits per heavy atom. The molecule has 0 saturated heterocycles. The van der Waals surface area contributed by atoms with Crippen LogP contribution in [0.15, 0.2) is 22.7 Å². The van der Waals surface area contributed by atoms with E-state index in [0.717, 1.165) is 0 Å². The number of ether oxygens (including phenoxy) is 1. The van der Waals surface area contributed by atoms with Gasteiger partial charge in [0.05, 0.1) is 4.47 Å². The maximum absolute atomic E-state index is 12.8. The molecule has 1 aromatic rings. The molecule has 0 heterocycles. The molecule has 0 aliphatic rings. The third-order valence-electron chi connectivity index (χ3n) is 1.46. The second kappa shape index (κ2) is 4.41. The zero-order valence-electron chi connectivity index (χ0n) is 7.75. The van der Waals surface area contributed by atoms with Crippen molar-refractivity contribution in [2.24, 2.45) is 0 Å². The number of halogens is 2. The van der Waals surface area contributed by atoms with Crippen molar-refractivity contribution in [3.8, 4) is 5.75 Å². The average molecular weight is 262 g/mol. The molecule has 1 amide bonds. The second-order valence-corrected chi connectivity index (χ2v) is 3.69. The van der Waals surface area contributed by atoms with Gasteiger partial charge in [-0.3, -0.25) is 0 Å². The van der Waals surface area contributed by atoms with Gasteiger partial charge in [0.1, 0.15) is 11.6 Å². The Balaban J connectivity index is 2.78. The Morgan fingerprint density at radius 1 is 1.50 bits per heavy atom. The van der Waals surface area contributed by atoms with Crippen LogP contribution in [0.2, 0.25) is 0 Å². The number of carbonyl (C=O) groups excluding carboxylic acids is 1. The van der Waals surface area contributed by atoms with Crippen LogP contribution < -0.4 is 4.74 Å². The minimum Gasteiger partial charge on any atom is -0.410 e. The second-order valence-electron chi connectivity index (χ2n) is 2.84. The topological polar surface area (TPSA) is 29.5 Å². The van der Waals surface area contributed by atoms with Gasteiger partial charge >= 0.3 is 6.09 Å². The summed E-state index contributed by atoms with van der Waals surface area (Å²) < 4.78 is 18.0. The molecule has 14 heavy (non-hydrogen) atoms. The fraction of sp³-hybridized carbons (Fsp3) is 0.222. The zero-order chi connectivity index (χ0) is 10.7. The monoisotopic (exact) mass is 261 g/mol. The van der Waals surface area contributed by atoms with Gasteiger partial charge in [0, 0.05) is 14.1 Å². The quantitative estimate of drug-likeness (QED) is 0.778. The van der Waals surface area contributed by atoms with E-state index in [1.54, 1.807) is 14.1 Å². The molecular formula is C9H9BrFNO2. The van der Waals surface area contributed by atoms with Crippen molar-refractivity contribution in [3.63, 3.8) is 0 Å². The van der Waals surface area contributed by atoms with E-state index in [0.29, 0.717) is 5.75 Å². The summed E-state index contributed by atoms with van der Waals surface area (Å²) in [4.78, 5) is 12.4. The van der Waals surface area contributed by atoms with Gasteiger partial charge in [0.15, 0.2) is 0 Å². The number of benzene rings is 1. The van der Waals surface area contributed by atoms with Crippen LogP contribution in [-0.2, 0) is 0 Å². The van der Waals surface area contributed by atoms with Gasteiger partial charge in [-0.1, -0.05) is 0 Å². The average Bonchev–Trinajstić information content (AvgIpc) is 2.11. The van der Waals surface area contributed by atoms with E-state index in [4.69, 9.17) is 4.74 Å². The highest BCUT2D eigenvalue weighted by Crippen LogP contribution is 2.21. The first-order chi connectivity index (χ1) is 6.50. The van der Waals surface area contributed by atoms with E-state index in [-0.39, 0.29) is 4.47 Å². The standard InChI is InChI=1S/C9H9BrFNO2/c1-12(2)9(13)14-6-3-4-8(11)7(10)5-6/h3-5H,1-2H3. The lowest BCUT2D eigenvalue weighted by Gasteiger charge is -2.10. The molecule has 0 saturated carbocycles. The molecule has 0 unspecified atom stereocenters. The molecule has 3 nitrogen and oxygen atoms in total. The summed E-state index contributed by atoms with van der Waals surface area (Å²) in [5, 5.41) is 0. The minimum absolute atomic E-state index is 0.265. The molecule has 0 atom stereocenters. The Labute approximate surface area is 89.6 Å². The van der Waals surface area contributed by atoms with Crippen LogP contribution in [-0.4, -0.2) is 25.1 Å². The molecule has 1 aromatic carbocycles. The molecule has 0 aromatic heterocycles. The highest BCUT2D eigenvalue weighted by atomic mass is 79.9. The van der Waals surface area contributed by atoms with Crippen molar-refractivity contribution in [1.29, 1.82) is 0 Å². The smallest absolute Gasteiger partial charge is 0.410 e. The normalized spacial score (nSPS) is 9.71. The summed E-state index contributed by atoms with van der Waals surface area (Å²) in [7, 11) is 3.14. The van der Waals surface area contributed by atoms with Crippen LogP contribution in [0.5, 0.6) is 5.75 Å². The van der Waals surface area contributed by atoms with Gasteiger partial charge in [-0.2, -0.15) is 0 Å². The van der Waals surface area contributed by atoms with Crippen molar-refractivity contribution < 1.29 is 13.9 Å². The molecule has 0 radical (unpaired) electrons. The van der Waals surface area contributed by atoms with Crippen LogP contribution in [0, 0.1) is 5.82 Å². The summed E-state index contributed by atoms with van der Waals surface area (Å²) >= 11 is 2.99. The van der Waals surface area contributed by atoms with E-state index >= 15 is 0 Å². The van der Waals surface area contributed by atoms with Crippen molar-refractivity contribution in [2.45, 2.75) is 0 Å². The summed E-state index contributed by atoms with van der Waals surface area (Å²) in [6.07, 6.45) is -0.497. The van der Waals surface area contributed by atoms with E-state index in [1.165, 1.54) is 23.1 Å². The van der Waals surface area contributed by atoms with Crippen LogP contribution >= 0.6 is 15.9 Å². The lowest BCUT2D eigenvalue weighted by Crippen LogP contribution is -2.25. The van der Waals surface area contributed by atoms with Gasteiger partial charge in [-0.15, -0.1) is 0 Å². The Morgan fingerprint density at radius 2 is 2.14 bits per heavy atom. The van der Waals surface area contributed by atoms with Crippen LogP contribution in [0.3, 0.4) is 0 Å². The molecule has 0 N–H and O–H groups in total. The number of hydrogen-bond acceptors (Lipinski definition) is 2. The van der Waals surface area contributed by atoms with Crippen molar-refractivity contribution >= 4 is 22.0 Å². The molecular weight excluding hydrogens is 253 g/mol. The number of rotatable bonds is 1. The SMILES string of the molecule is CN(C)C(=O)Oc1ccc(F)c(Br)c1. The molecule has 76 valence electrons. The number of amides is 1. The Kier molecular flexibility index (Phi) is 3.46. The van der Waals surface area contributed by atoms with E-state index in [1.807, 2.05) is 0 Å². The number of nitrogens with zero attached hydrogens (tertiary/aromatic N) is 1. The molecule has 0 bridgehead atoms. The largest absolute Gasteiger partial charge is 0.414 e. The van der Waals surface area contributed by atoms with Gasteiger partial charge in [-0.25, -0.2) is 9.18 Å². The predicted molar refractivity (Wildman–Crippen MR) is 53.8 cm³/mol. The van der Waals surface area contributed by atoms with Crippen LogP contribution in [0.25, 0.3) is 0 Å². The summed E-state index contributed by atoms with van der Waals surface area (Å²) in [5.41, 5.74) is 0. The van der Waals surface area contributed by atoms with Gasteiger partial charge in [-0.05, 0) is 34.1 Å². The fourth-order valence-electron chi connectivity index (χ4n) is 0.732. The summed E-state index contributed by atoms with van der Waals surface area (Å²) in [6.45, 7) is 0. The molecule has 0 aliphatic carbocycles. The fourth-order valence-corrected chi connectivity index (χ4v) is 1.09. The molecule has 0 fully saturated rings. The van der Waals surface area contributed by atoms with Crippen molar-refractivity contribution in [3.05, 3.63) is 28.5 Å². The van der Waals surface area contributed by atoms with Crippen LogP contribution in [0.1, 0.15) is 0 Å². The highest BCUT2D eigenvalue weighted by Gasteiger charge is 2.08. The molecule has 0 aliphatic heterocycles. The lowest BCUT2D eigenvalue weighted by atomic mass is 10.3. The van der Waals surface area contributed by atoms with E-state index in [9.17, 15) is 9.18 Å². The predicted octanol–water partition coefficient (Wildman–Crippen LogP) is 2.65. The van der Waals surface area contributed by atoms with Crippen molar-refractivity contribution in [1.82, 2.24) is 4.90 Å². The summed E-state index contributed by atoms with van der Waals surface area (Å²) in [5.74, 6) is -0.0911. The molecule has 5 heteroatoms. The first-order valence-electron chi connectivity index (χ1n) is 3.85. The minimum atomic E-state index is -0.497. The highest BCUT2D eigenvalue weighted by molar-refractivity contribution is 9.10. The van der Waals surface area contributed by atoms with E-state index in [2.05, 4.69) is 15.9 Å². The van der Waals surface area contributed by atoms with E-state index < -0.39 is 11.9 Å². The zero-order valence-corrected chi connectivity index (χ0v) is 9.34. The third-order valence-corrected chi connectivity index (χ3v) is 2.07. The summed E-state index contributed by atoms with van der Waals surface area (Å²) in [6, 6.07) is 4.01. The van der Waals surface area contributed by atoms with Gasteiger partial charge in [0.2, 0.25) is 0 Å². The Hall–Kier alpha value is -1.10. The maximum atomic E-state index is 12.8. The molecule has 0 spiro atoms. The maximum Gasteiger partial charge on any atom is 0.414 e. The lowest BCUT2D eigenvalue weighted by molar-refractivity contribution is 0.172. The Bertz CT molecular complexity index is 355. The number of hydrogen-bond donors (Lipinski definition) is 0.